The average Bonchev–Trinajstić information content (AvgIpc) is 2.39. The fourth-order valence-corrected chi connectivity index (χ4v) is 3.36. The molecule has 0 aliphatic heterocycles. The fourth-order valence-electron chi connectivity index (χ4n) is 1.84. The van der Waals surface area contributed by atoms with E-state index < -0.39 is 10.0 Å². The van der Waals surface area contributed by atoms with Gasteiger partial charge in [-0.05, 0) is 49.2 Å². The molecule has 7 heteroatoms. The van der Waals surface area contributed by atoms with E-state index in [4.69, 9.17) is 28.9 Å². The Hall–Kier alpha value is -1.43. The molecule has 4 nitrogen and oxygen atoms in total. The van der Waals surface area contributed by atoms with E-state index >= 15 is 0 Å². The van der Waals surface area contributed by atoms with E-state index in [9.17, 15) is 8.42 Å². The highest BCUT2D eigenvalue weighted by Gasteiger charge is 2.18. The summed E-state index contributed by atoms with van der Waals surface area (Å²) in [4.78, 5) is 0.0412. The lowest BCUT2D eigenvalue weighted by atomic mass is 10.2. The highest BCUT2D eigenvalue weighted by Crippen LogP contribution is 2.29. The molecule has 0 unspecified atom stereocenters. The van der Waals surface area contributed by atoms with Crippen LogP contribution < -0.4 is 10.5 Å². The Morgan fingerprint density at radius 3 is 2.38 bits per heavy atom. The Balaban J connectivity index is 2.46. The molecule has 21 heavy (non-hydrogen) atoms. The second-order valence-corrected chi connectivity index (χ2v) is 7.20. The molecule has 0 radical (unpaired) electrons. The number of hydrogen-bond acceptors (Lipinski definition) is 3. The van der Waals surface area contributed by atoms with Gasteiger partial charge in [0.1, 0.15) is 0 Å². The lowest BCUT2D eigenvalue weighted by Crippen LogP contribution is -2.14. The summed E-state index contributed by atoms with van der Waals surface area (Å²) in [7, 11) is -3.79. The third-order valence-electron chi connectivity index (χ3n) is 2.93. The van der Waals surface area contributed by atoms with Gasteiger partial charge in [0.25, 0.3) is 10.0 Å². The van der Waals surface area contributed by atoms with Crippen molar-refractivity contribution in [2.45, 2.75) is 18.7 Å². The van der Waals surface area contributed by atoms with Crippen molar-refractivity contribution in [3.8, 4) is 0 Å². The van der Waals surface area contributed by atoms with Crippen molar-refractivity contribution in [3.05, 3.63) is 51.5 Å². The standard InChI is InChI=1S/C14H14Cl2N2O2S/c1-8-3-4-11(15)13(5-8)18-21(19,20)10-6-9(2)14(16)12(17)7-10/h3-7,18H,17H2,1-2H3. The van der Waals surface area contributed by atoms with Crippen molar-refractivity contribution in [1.82, 2.24) is 0 Å². The first kappa shape index (κ1) is 15.9. The minimum atomic E-state index is -3.79. The van der Waals surface area contributed by atoms with Gasteiger partial charge in [0, 0.05) is 0 Å². The van der Waals surface area contributed by atoms with Crippen molar-refractivity contribution < 1.29 is 8.42 Å². The Morgan fingerprint density at radius 1 is 1.10 bits per heavy atom. The molecule has 2 aromatic carbocycles. The SMILES string of the molecule is Cc1ccc(Cl)c(NS(=O)(=O)c2cc(C)c(Cl)c(N)c2)c1. The van der Waals surface area contributed by atoms with E-state index in [1.54, 1.807) is 25.1 Å². The smallest absolute Gasteiger partial charge is 0.262 e. The third-order valence-corrected chi connectivity index (χ3v) is 5.12. The molecule has 3 N–H and O–H groups in total. The number of rotatable bonds is 3. The largest absolute Gasteiger partial charge is 0.397 e. The topological polar surface area (TPSA) is 72.2 Å². The van der Waals surface area contributed by atoms with Gasteiger partial charge in [0.15, 0.2) is 0 Å². The van der Waals surface area contributed by atoms with E-state index in [1.807, 2.05) is 6.92 Å². The average molecular weight is 345 g/mol. The summed E-state index contributed by atoms with van der Waals surface area (Å²) in [6, 6.07) is 7.87. The van der Waals surface area contributed by atoms with Crippen LogP contribution >= 0.6 is 23.2 Å². The lowest BCUT2D eigenvalue weighted by molar-refractivity contribution is 0.601. The van der Waals surface area contributed by atoms with Crippen LogP contribution in [0.5, 0.6) is 0 Å². The highest BCUT2D eigenvalue weighted by molar-refractivity contribution is 7.92. The van der Waals surface area contributed by atoms with Crippen LogP contribution in [-0.2, 0) is 10.0 Å². The summed E-state index contributed by atoms with van der Waals surface area (Å²) < 4.78 is 27.3. The van der Waals surface area contributed by atoms with Gasteiger partial charge in [0.2, 0.25) is 0 Å². The molecule has 0 saturated carbocycles. The Morgan fingerprint density at radius 2 is 1.76 bits per heavy atom. The van der Waals surface area contributed by atoms with Gasteiger partial charge >= 0.3 is 0 Å². The molecule has 0 aliphatic carbocycles. The molecule has 0 bridgehead atoms. The van der Waals surface area contributed by atoms with Gasteiger partial charge in [-0.25, -0.2) is 8.42 Å². The Kier molecular flexibility index (Phi) is 4.37. The zero-order valence-corrected chi connectivity index (χ0v) is 13.8. The van der Waals surface area contributed by atoms with Crippen LogP contribution in [0.2, 0.25) is 10.0 Å². The summed E-state index contributed by atoms with van der Waals surface area (Å²) in [6.45, 7) is 3.54. The first-order valence-corrected chi connectivity index (χ1v) is 8.29. The quantitative estimate of drug-likeness (QED) is 0.826. The summed E-state index contributed by atoms with van der Waals surface area (Å²) in [6.07, 6.45) is 0. The van der Waals surface area contributed by atoms with E-state index in [-0.39, 0.29) is 10.6 Å². The molecule has 112 valence electrons. The third kappa shape index (κ3) is 3.43. The van der Waals surface area contributed by atoms with Crippen molar-refractivity contribution in [2.24, 2.45) is 0 Å². The number of nitrogens with two attached hydrogens (primary N) is 1. The van der Waals surface area contributed by atoms with Gasteiger partial charge in [-0.3, -0.25) is 4.72 Å². The van der Waals surface area contributed by atoms with Crippen molar-refractivity contribution in [3.63, 3.8) is 0 Å². The number of nitrogens with one attached hydrogen (secondary N) is 1. The highest BCUT2D eigenvalue weighted by atomic mass is 35.5. The molecule has 2 aromatic rings. The van der Waals surface area contributed by atoms with Crippen LogP contribution in [0.4, 0.5) is 11.4 Å². The zero-order chi connectivity index (χ0) is 15.8. The van der Waals surface area contributed by atoms with Crippen LogP contribution in [0.25, 0.3) is 0 Å². The molecule has 0 amide bonds. The number of halogens is 2. The fraction of sp³-hybridized carbons (Fsp3) is 0.143. The van der Waals surface area contributed by atoms with Gasteiger partial charge < -0.3 is 5.73 Å². The van der Waals surface area contributed by atoms with Crippen LogP contribution in [-0.4, -0.2) is 8.42 Å². The maximum absolute atomic E-state index is 12.4. The van der Waals surface area contributed by atoms with Crippen LogP contribution in [0, 0.1) is 13.8 Å². The number of sulfonamides is 1. The van der Waals surface area contributed by atoms with Crippen LogP contribution in [0.3, 0.4) is 0 Å². The molecule has 0 spiro atoms. The maximum atomic E-state index is 12.4. The first-order valence-electron chi connectivity index (χ1n) is 6.05. The zero-order valence-electron chi connectivity index (χ0n) is 11.4. The molecular formula is C14H14Cl2N2O2S. The molecule has 0 aliphatic rings. The van der Waals surface area contributed by atoms with Gasteiger partial charge in [0.05, 0.1) is 26.3 Å². The van der Waals surface area contributed by atoms with Gasteiger partial charge in [-0.2, -0.15) is 0 Å². The van der Waals surface area contributed by atoms with Crippen molar-refractivity contribution in [1.29, 1.82) is 0 Å². The summed E-state index contributed by atoms with van der Waals surface area (Å²) >= 11 is 11.9. The predicted molar refractivity (Wildman–Crippen MR) is 87.6 cm³/mol. The molecular weight excluding hydrogens is 331 g/mol. The van der Waals surface area contributed by atoms with E-state index in [0.717, 1.165) is 5.56 Å². The molecule has 0 atom stereocenters. The number of aryl methyl sites for hydroxylation is 2. The van der Waals surface area contributed by atoms with Crippen LogP contribution in [0.1, 0.15) is 11.1 Å². The lowest BCUT2D eigenvalue weighted by Gasteiger charge is -2.12. The minimum absolute atomic E-state index is 0.0412. The molecule has 2 rings (SSSR count). The van der Waals surface area contributed by atoms with Crippen molar-refractivity contribution in [2.75, 3.05) is 10.5 Å². The maximum Gasteiger partial charge on any atom is 0.262 e. The molecule has 0 saturated heterocycles. The summed E-state index contributed by atoms with van der Waals surface area (Å²) in [5, 5.41) is 0.672. The second-order valence-electron chi connectivity index (χ2n) is 4.73. The normalized spacial score (nSPS) is 11.4. The number of benzene rings is 2. The minimum Gasteiger partial charge on any atom is -0.397 e. The molecule has 0 heterocycles. The summed E-state index contributed by atoms with van der Waals surface area (Å²) in [5.74, 6) is 0. The van der Waals surface area contributed by atoms with E-state index in [2.05, 4.69) is 4.72 Å². The first-order chi connectivity index (χ1) is 9.70. The van der Waals surface area contributed by atoms with Gasteiger partial charge in [-0.15, -0.1) is 0 Å². The number of hydrogen-bond donors (Lipinski definition) is 2. The summed E-state index contributed by atoms with van der Waals surface area (Å²) in [5.41, 5.74) is 7.74. The van der Waals surface area contributed by atoms with Crippen molar-refractivity contribution >= 4 is 44.6 Å². The van der Waals surface area contributed by atoms with Gasteiger partial charge in [-0.1, -0.05) is 29.3 Å². The number of anilines is 2. The monoisotopic (exact) mass is 344 g/mol. The number of nitrogen functional groups attached to an aromatic ring is 1. The van der Waals surface area contributed by atoms with Crippen LogP contribution in [0.15, 0.2) is 35.2 Å². The predicted octanol–water partition coefficient (Wildman–Crippen LogP) is 3.99. The molecule has 0 aromatic heterocycles. The Labute approximate surface area is 133 Å². The van der Waals surface area contributed by atoms with E-state index in [1.165, 1.54) is 12.1 Å². The molecule has 0 fully saturated rings. The van der Waals surface area contributed by atoms with E-state index in [0.29, 0.717) is 21.3 Å². The Bertz CT molecular complexity index is 782. The second kappa shape index (κ2) is 5.75.